The number of ether oxygens (including phenoxy) is 2. The van der Waals surface area contributed by atoms with Gasteiger partial charge in [0.2, 0.25) is 0 Å². The van der Waals surface area contributed by atoms with Gasteiger partial charge in [0.15, 0.2) is 11.5 Å². The summed E-state index contributed by atoms with van der Waals surface area (Å²) in [5, 5.41) is 0. The zero-order valence-electron chi connectivity index (χ0n) is 16.5. The molecule has 1 aliphatic rings. The van der Waals surface area contributed by atoms with Crippen molar-refractivity contribution in [1.82, 2.24) is 0 Å². The molecule has 0 aromatic heterocycles. The molecule has 2 aromatic rings. The largest absolute Gasteiger partial charge is 0.493 e. The predicted octanol–water partition coefficient (Wildman–Crippen LogP) is 5.05. The van der Waals surface area contributed by atoms with E-state index in [1.54, 1.807) is 14.2 Å². The minimum absolute atomic E-state index is 0.250. The van der Waals surface area contributed by atoms with Crippen LogP contribution in [0.5, 0.6) is 11.5 Å². The molecular formula is C23H29NO2. The van der Waals surface area contributed by atoms with Crippen molar-refractivity contribution in [3.8, 4) is 11.5 Å². The van der Waals surface area contributed by atoms with Gasteiger partial charge in [0, 0.05) is 23.7 Å². The molecule has 0 spiro atoms. The molecule has 0 saturated carbocycles. The van der Waals surface area contributed by atoms with E-state index in [-0.39, 0.29) is 5.92 Å². The molecule has 0 radical (unpaired) electrons. The summed E-state index contributed by atoms with van der Waals surface area (Å²) < 4.78 is 11.0. The van der Waals surface area contributed by atoms with Gasteiger partial charge in [0.1, 0.15) is 0 Å². The van der Waals surface area contributed by atoms with Gasteiger partial charge in [-0.2, -0.15) is 0 Å². The first-order chi connectivity index (χ1) is 12.5. The minimum atomic E-state index is 0.250. The quantitative estimate of drug-likeness (QED) is 0.729. The molecule has 26 heavy (non-hydrogen) atoms. The number of hydrogen-bond donors (Lipinski definition) is 0. The molecule has 0 saturated heterocycles. The number of nitrogens with zero attached hydrogens (tertiary/aromatic N) is 1. The number of aliphatic imine (C=N–C) groups is 1. The second-order valence-electron chi connectivity index (χ2n) is 7.44. The molecule has 0 aliphatic carbocycles. The van der Waals surface area contributed by atoms with Crippen LogP contribution in [0.1, 0.15) is 48.9 Å². The van der Waals surface area contributed by atoms with Crippen molar-refractivity contribution in [2.75, 3.05) is 20.8 Å². The Morgan fingerprint density at radius 1 is 0.962 bits per heavy atom. The molecule has 3 nitrogen and oxygen atoms in total. The van der Waals surface area contributed by atoms with Gasteiger partial charge in [0.05, 0.1) is 14.2 Å². The summed E-state index contributed by atoms with van der Waals surface area (Å²) >= 11 is 0. The van der Waals surface area contributed by atoms with E-state index in [4.69, 9.17) is 14.5 Å². The van der Waals surface area contributed by atoms with Crippen LogP contribution >= 0.6 is 0 Å². The van der Waals surface area contributed by atoms with E-state index in [2.05, 4.69) is 57.2 Å². The molecule has 0 N–H and O–H groups in total. The Morgan fingerprint density at radius 3 is 2.23 bits per heavy atom. The maximum atomic E-state index is 5.51. The van der Waals surface area contributed by atoms with Crippen molar-refractivity contribution in [2.45, 2.75) is 39.5 Å². The lowest BCUT2D eigenvalue weighted by Crippen LogP contribution is -2.19. The number of fused-ring (bicyclic) bond motifs is 1. The van der Waals surface area contributed by atoms with Crippen LogP contribution in [0.2, 0.25) is 0 Å². The van der Waals surface area contributed by atoms with Gasteiger partial charge in [-0.25, -0.2) is 0 Å². The summed E-state index contributed by atoms with van der Waals surface area (Å²) in [5.74, 6) is 2.48. The van der Waals surface area contributed by atoms with Crippen LogP contribution in [0.15, 0.2) is 41.4 Å². The highest BCUT2D eigenvalue weighted by atomic mass is 16.5. The summed E-state index contributed by atoms with van der Waals surface area (Å²) in [7, 11) is 3.37. The summed E-state index contributed by atoms with van der Waals surface area (Å²) in [6.07, 6.45) is 2.06. The third-order valence-corrected chi connectivity index (χ3v) is 5.08. The normalized spacial score (nSPS) is 14.6. The molecule has 2 aromatic carbocycles. The van der Waals surface area contributed by atoms with E-state index in [0.29, 0.717) is 5.92 Å². The Morgan fingerprint density at radius 2 is 1.62 bits per heavy atom. The second-order valence-corrected chi connectivity index (χ2v) is 7.44. The standard InChI is InChI=1S/C23H29NO2/c1-15(2)12-17-6-8-18(9-7-17)16(3)23-20-14-22(26-5)21(25-4)13-19(20)10-11-24-23/h6-9,13-16H,10-12H2,1-5H3/t16-/m0/s1. The van der Waals surface area contributed by atoms with E-state index in [9.17, 15) is 0 Å². The average Bonchev–Trinajstić information content (AvgIpc) is 2.65. The maximum Gasteiger partial charge on any atom is 0.161 e. The molecular weight excluding hydrogens is 322 g/mol. The van der Waals surface area contributed by atoms with E-state index in [1.807, 2.05) is 0 Å². The molecule has 1 heterocycles. The zero-order chi connectivity index (χ0) is 18.7. The summed E-state index contributed by atoms with van der Waals surface area (Å²) in [6, 6.07) is 13.2. The Hall–Kier alpha value is -2.29. The van der Waals surface area contributed by atoms with Crippen molar-refractivity contribution in [3.63, 3.8) is 0 Å². The Kier molecular flexibility index (Phi) is 5.65. The van der Waals surface area contributed by atoms with Crippen molar-refractivity contribution < 1.29 is 9.47 Å². The van der Waals surface area contributed by atoms with E-state index in [0.717, 1.165) is 36.6 Å². The number of hydrogen-bond acceptors (Lipinski definition) is 3. The fraction of sp³-hybridized carbons (Fsp3) is 0.435. The van der Waals surface area contributed by atoms with E-state index >= 15 is 0 Å². The van der Waals surface area contributed by atoms with Crippen LogP contribution in [-0.4, -0.2) is 26.5 Å². The highest BCUT2D eigenvalue weighted by Gasteiger charge is 2.23. The van der Waals surface area contributed by atoms with Crippen LogP contribution in [0.4, 0.5) is 0 Å². The summed E-state index contributed by atoms with van der Waals surface area (Å²) in [5.41, 5.74) is 6.32. The fourth-order valence-electron chi connectivity index (χ4n) is 3.69. The number of rotatable bonds is 6. The van der Waals surface area contributed by atoms with Gasteiger partial charge in [-0.05, 0) is 47.6 Å². The first kappa shape index (κ1) is 18.5. The van der Waals surface area contributed by atoms with Gasteiger partial charge in [-0.15, -0.1) is 0 Å². The van der Waals surface area contributed by atoms with Gasteiger partial charge < -0.3 is 9.47 Å². The predicted molar refractivity (Wildman–Crippen MR) is 108 cm³/mol. The van der Waals surface area contributed by atoms with Crippen molar-refractivity contribution in [3.05, 3.63) is 58.7 Å². The topological polar surface area (TPSA) is 30.8 Å². The van der Waals surface area contributed by atoms with Gasteiger partial charge in [-0.3, -0.25) is 4.99 Å². The molecule has 0 bridgehead atoms. The number of benzene rings is 2. The van der Waals surface area contributed by atoms with E-state index in [1.165, 1.54) is 22.3 Å². The first-order valence-electron chi connectivity index (χ1n) is 9.42. The number of methoxy groups -OCH3 is 2. The summed E-state index contributed by atoms with van der Waals surface area (Å²) in [4.78, 5) is 4.87. The van der Waals surface area contributed by atoms with Crippen molar-refractivity contribution >= 4 is 5.71 Å². The molecule has 0 amide bonds. The lowest BCUT2D eigenvalue weighted by molar-refractivity contribution is 0.354. The Labute approximate surface area is 157 Å². The Bertz CT molecular complexity index is 791. The highest BCUT2D eigenvalue weighted by molar-refractivity contribution is 6.07. The fourth-order valence-corrected chi connectivity index (χ4v) is 3.69. The van der Waals surface area contributed by atoms with Gasteiger partial charge >= 0.3 is 0 Å². The van der Waals surface area contributed by atoms with Crippen LogP contribution < -0.4 is 9.47 Å². The summed E-state index contributed by atoms with van der Waals surface area (Å²) in [6.45, 7) is 7.58. The minimum Gasteiger partial charge on any atom is -0.493 e. The average molecular weight is 351 g/mol. The monoisotopic (exact) mass is 351 g/mol. The van der Waals surface area contributed by atoms with Crippen LogP contribution in [-0.2, 0) is 12.8 Å². The third-order valence-electron chi connectivity index (χ3n) is 5.08. The van der Waals surface area contributed by atoms with E-state index < -0.39 is 0 Å². The van der Waals surface area contributed by atoms with Crippen LogP contribution in [0.25, 0.3) is 0 Å². The van der Waals surface area contributed by atoms with Crippen LogP contribution in [0.3, 0.4) is 0 Å². The molecule has 138 valence electrons. The third kappa shape index (κ3) is 3.77. The molecule has 1 aliphatic heterocycles. The molecule has 3 rings (SSSR count). The lowest BCUT2D eigenvalue weighted by Gasteiger charge is -2.24. The smallest absolute Gasteiger partial charge is 0.161 e. The molecule has 3 heteroatoms. The molecule has 0 unspecified atom stereocenters. The SMILES string of the molecule is COc1cc2c(cc1OC)C([C@@H](C)c1ccc(CC(C)C)cc1)=NCC2. The molecule has 0 fully saturated rings. The van der Waals surface area contributed by atoms with Gasteiger partial charge in [-0.1, -0.05) is 45.0 Å². The highest BCUT2D eigenvalue weighted by Crippen LogP contribution is 2.35. The van der Waals surface area contributed by atoms with Gasteiger partial charge in [0.25, 0.3) is 0 Å². The first-order valence-corrected chi connectivity index (χ1v) is 9.42. The second kappa shape index (κ2) is 7.94. The Balaban J connectivity index is 1.91. The lowest BCUT2D eigenvalue weighted by atomic mass is 9.86. The van der Waals surface area contributed by atoms with Crippen molar-refractivity contribution in [1.29, 1.82) is 0 Å². The molecule has 1 atom stereocenters. The van der Waals surface area contributed by atoms with Crippen LogP contribution in [0, 0.1) is 5.92 Å². The maximum absolute atomic E-state index is 5.51. The van der Waals surface area contributed by atoms with Crippen molar-refractivity contribution in [2.24, 2.45) is 10.9 Å². The zero-order valence-corrected chi connectivity index (χ0v) is 16.5.